The number of nitrogens with zero attached hydrogens (tertiary/aromatic N) is 2. The van der Waals surface area contributed by atoms with E-state index in [0.29, 0.717) is 10.9 Å². The monoisotopic (exact) mass is 443 g/mol. The van der Waals surface area contributed by atoms with Gasteiger partial charge in [-0.2, -0.15) is 0 Å². The molecular formula is C21H22BrN3O3. The van der Waals surface area contributed by atoms with E-state index in [4.69, 9.17) is 4.74 Å². The Kier molecular flexibility index (Phi) is 6.14. The number of hydrogen-bond acceptors (Lipinski definition) is 4. The molecule has 7 heteroatoms. The Hall–Kier alpha value is -2.67. The lowest BCUT2D eigenvalue weighted by atomic mass is 10.0. The minimum Gasteiger partial charge on any atom is -0.496 e. The fourth-order valence-electron chi connectivity index (χ4n) is 3.10. The van der Waals surface area contributed by atoms with Crippen LogP contribution in [0.15, 0.2) is 52.0 Å². The molecule has 28 heavy (non-hydrogen) atoms. The Bertz CT molecular complexity index is 1080. The second-order valence-electron chi connectivity index (χ2n) is 6.69. The lowest BCUT2D eigenvalue weighted by Crippen LogP contribution is -2.29. The number of nitrogens with one attached hydrogen (secondary N) is 1. The average molecular weight is 444 g/mol. The van der Waals surface area contributed by atoms with Gasteiger partial charge in [-0.3, -0.25) is 14.2 Å². The number of aromatic nitrogens is 2. The molecule has 0 saturated carbocycles. The van der Waals surface area contributed by atoms with Crippen molar-refractivity contribution in [3.63, 3.8) is 0 Å². The molecule has 0 aliphatic rings. The minimum absolute atomic E-state index is 0.141. The van der Waals surface area contributed by atoms with E-state index in [2.05, 4.69) is 26.2 Å². The van der Waals surface area contributed by atoms with Crippen LogP contribution < -0.4 is 15.6 Å². The molecule has 1 atom stereocenters. The highest BCUT2D eigenvalue weighted by Crippen LogP contribution is 2.26. The van der Waals surface area contributed by atoms with Gasteiger partial charge in [0.2, 0.25) is 5.91 Å². The summed E-state index contributed by atoms with van der Waals surface area (Å²) in [6.45, 7) is 4.17. The predicted molar refractivity (Wildman–Crippen MR) is 113 cm³/mol. The molecule has 6 nitrogen and oxygen atoms in total. The van der Waals surface area contributed by atoms with Crippen LogP contribution in [0.1, 0.15) is 30.5 Å². The lowest BCUT2D eigenvalue weighted by molar-refractivity contribution is -0.122. The zero-order valence-corrected chi connectivity index (χ0v) is 17.6. The molecule has 0 fully saturated rings. The molecule has 1 amide bonds. The Labute approximate surface area is 171 Å². The number of hydrogen-bond donors (Lipinski definition) is 1. The van der Waals surface area contributed by atoms with Gasteiger partial charge in [0.1, 0.15) is 5.75 Å². The number of carbonyl (C=O) groups excluding carboxylic acids is 1. The molecule has 0 aliphatic heterocycles. The predicted octanol–water partition coefficient (Wildman–Crippen LogP) is 3.74. The van der Waals surface area contributed by atoms with Gasteiger partial charge in [-0.15, -0.1) is 0 Å². The maximum atomic E-state index is 12.6. The summed E-state index contributed by atoms with van der Waals surface area (Å²) in [6.07, 6.45) is 1.67. The van der Waals surface area contributed by atoms with Gasteiger partial charge in [0.05, 0.1) is 30.4 Å². The Morgan fingerprint density at radius 2 is 2.07 bits per heavy atom. The van der Waals surface area contributed by atoms with Crippen molar-refractivity contribution in [1.82, 2.24) is 14.9 Å². The Morgan fingerprint density at radius 1 is 1.29 bits per heavy atom. The molecule has 3 rings (SSSR count). The van der Waals surface area contributed by atoms with E-state index in [0.717, 1.165) is 21.3 Å². The molecular weight excluding hydrogens is 422 g/mol. The summed E-state index contributed by atoms with van der Waals surface area (Å²) in [5.41, 5.74) is 2.49. The first-order chi connectivity index (χ1) is 13.4. The molecule has 1 N–H and O–H groups in total. The number of carbonyl (C=O) groups is 1. The molecule has 0 radical (unpaired) electrons. The van der Waals surface area contributed by atoms with Crippen LogP contribution in [0.5, 0.6) is 5.75 Å². The summed E-state index contributed by atoms with van der Waals surface area (Å²) >= 11 is 3.37. The summed E-state index contributed by atoms with van der Waals surface area (Å²) in [5, 5.41) is 3.50. The van der Waals surface area contributed by atoms with E-state index >= 15 is 0 Å². The number of rotatable bonds is 6. The lowest BCUT2D eigenvalue weighted by Gasteiger charge is -2.18. The van der Waals surface area contributed by atoms with E-state index < -0.39 is 0 Å². The molecule has 1 unspecified atom stereocenters. The van der Waals surface area contributed by atoms with Crippen LogP contribution in [-0.4, -0.2) is 22.6 Å². The molecule has 1 heterocycles. The van der Waals surface area contributed by atoms with E-state index in [1.165, 1.54) is 10.9 Å². The van der Waals surface area contributed by atoms with E-state index in [1.807, 2.05) is 38.1 Å². The van der Waals surface area contributed by atoms with Gasteiger partial charge >= 0.3 is 0 Å². The topological polar surface area (TPSA) is 73.2 Å². The first-order valence-electron chi connectivity index (χ1n) is 8.97. The molecule has 1 aromatic heterocycles. The Morgan fingerprint density at radius 3 is 2.82 bits per heavy atom. The molecule has 0 aliphatic carbocycles. The van der Waals surface area contributed by atoms with Gasteiger partial charge < -0.3 is 10.1 Å². The summed E-state index contributed by atoms with van der Waals surface area (Å²) in [7, 11) is 1.61. The van der Waals surface area contributed by atoms with Crippen molar-refractivity contribution in [3.8, 4) is 5.75 Å². The SMILES string of the molecule is COc1ccc(C)cc1C(C)NC(=O)CCn1cnc2ccc(Br)cc2c1=O. The summed E-state index contributed by atoms with van der Waals surface area (Å²) in [5.74, 6) is 0.594. The highest BCUT2D eigenvalue weighted by atomic mass is 79.9. The number of halogens is 1. The zero-order chi connectivity index (χ0) is 20.3. The van der Waals surface area contributed by atoms with Gasteiger partial charge in [-0.1, -0.05) is 33.6 Å². The second-order valence-corrected chi connectivity index (χ2v) is 7.60. The molecule has 0 bridgehead atoms. The van der Waals surface area contributed by atoms with Gasteiger partial charge in [-0.25, -0.2) is 4.98 Å². The maximum Gasteiger partial charge on any atom is 0.261 e. The van der Waals surface area contributed by atoms with E-state index in [9.17, 15) is 9.59 Å². The second kappa shape index (κ2) is 8.56. The third-order valence-corrected chi connectivity index (χ3v) is 5.09. The quantitative estimate of drug-likeness (QED) is 0.629. The average Bonchev–Trinajstić information content (AvgIpc) is 2.67. The largest absolute Gasteiger partial charge is 0.496 e. The van der Waals surface area contributed by atoms with Crippen molar-refractivity contribution in [2.24, 2.45) is 0 Å². The van der Waals surface area contributed by atoms with Crippen molar-refractivity contribution in [1.29, 1.82) is 0 Å². The minimum atomic E-state index is -0.204. The number of ether oxygens (including phenoxy) is 1. The van der Waals surface area contributed by atoms with Gasteiger partial charge in [0, 0.05) is 23.0 Å². The van der Waals surface area contributed by atoms with Gasteiger partial charge in [0.15, 0.2) is 0 Å². The third kappa shape index (κ3) is 4.42. The zero-order valence-electron chi connectivity index (χ0n) is 16.0. The first-order valence-corrected chi connectivity index (χ1v) is 9.77. The standard InChI is InChI=1S/C21H22BrN3O3/c1-13-4-7-19(28-3)16(10-13)14(2)24-20(26)8-9-25-12-23-18-6-5-15(22)11-17(18)21(25)27/h4-7,10-12,14H,8-9H2,1-3H3,(H,24,26). The van der Waals surface area contributed by atoms with Crippen LogP contribution in [0.4, 0.5) is 0 Å². The maximum absolute atomic E-state index is 12.6. The third-order valence-electron chi connectivity index (χ3n) is 4.60. The van der Waals surface area contributed by atoms with Crippen LogP contribution in [0.3, 0.4) is 0 Å². The Balaban J connectivity index is 1.69. The number of methoxy groups -OCH3 is 1. The summed E-state index contributed by atoms with van der Waals surface area (Å²) < 4.78 is 7.67. The van der Waals surface area contributed by atoms with Crippen molar-refractivity contribution >= 4 is 32.7 Å². The van der Waals surface area contributed by atoms with Crippen molar-refractivity contribution < 1.29 is 9.53 Å². The number of amides is 1. The summed E-state index contributed by atoms with van der Waals surface area (Å²) in [4.78, 5) is 29.3. The van der Waals surface area contributed by atoms with Gasteiger partial charge in [-0.05, 0) is 38.1 Å². The number of aryl methyl sites for hydroxylation is 2. The van der Waals surface area contributed by atoms with Crippen molar-refractivity contribution in [2.45, 2.75) is 32.9 Å². The molecule has 2 aromatic carbocycles. The smallest absolute Gasteiger partial charge is 0.261 e. The molecule has 146 valence electrons. The normalized spacial score (nSPS) is 12.0. The highest BCUT2D eigenvalue weighted by molar-refractivity contribution is 9.10. The van der Waals surface area contributed by atoms with Crippen LogP contribution in [0.25, 0.3) is 10.9 Å². The van der Waals surface area contributed by atoms with Crippen LogP contribution in [-0.2, 0) is 11.3 Å². The van der Waals surface area contributed by atoms with Crippen LogP contribution >= 0.6 is 15.9 Å². The molecule has 0 saturated heterocycles. The van der Waals surface area contributed by atoms with Crippen molar-refractivity contribution in [3.05, 3.63) is 68.7 Å². The fraction of sp³-hybridized carbons (Fsp3) is 0.286. The first kappa shape index (κ1) is 20.1. The van der Waals surface area contributed by atoms with Crippen molar-refractivity contribution in [2.75, 3.05) is 7.11 Å². The number of fused-ring (bicyclic) bond motifs is 1. The molecule has 0 spiro atoms. The molecule has 3 aromatic rings. The summed E-state index contributed by atoms with van der Waals surface area (Å²) in [6, 6.07) is 11.0. The highest BCUT2D eigenvalue weighted by Gasteiger charge is 2.15. The fourth-order valence-corrected chi connectivity index (χ4v) is 3.46. The van der Waals surface area contributed by atoms with Gasteiger partial charge in [0.25, 0.3) is 5.56 Å². The van der Waals surface area contributed by atoms with Crippen LogP contribution in [0, 0.1) is 6.92 Å². The van der Waals surface area contributed by atoms with Crippen LogP contribution in [0.2, 0.25) is 0 Å². The van der Waals surface area contributed by atoms with E-state index in [1.54, 1.807) is 19.2 Å². The van der Waals surface area contributed by atoms with E-state index in [-0.39, 0.29) is 30.5 Å². The number of benzene rings is 2.